The van der Waals surface area contributed by atoms with E-state index in [9.17, 15) is 4.79 Å². The van der Waals surface area contributed by atoms with Crippen molar-refractivity contribution >= 4 is 44.9 Å². The van der Waals surface area contributed by atoms with E-state index in [0.29, 0.717) is 22.5 Å². The largest absolute Gasteiger partial charge is 0.494 e. The van der Waals surface area contributed by atoms with Crippen molar-refractivity contribution in [2.45, 2.75) is 44.5 Å². The molecule has 4 rings (SSSR count). The summed E-state index contributed by atoms with van der Waals surface area (Å²) in [7, 11) is 0. The van der Waals surface area contributed by atoms with Crippen molar-refractivity contribution in [1.29, 1.82) is 0 Å². The summed E-state index contributed by atoms with van der Waals surface area (Å²) in [4.78, 5) is 20.7. The van der Waals surface area contributed by atoms with E-state index in [1.165, 1.54) is 4.88 Å². The van der Waals surface area contributed by atoms with Crippen molar-refractivity contribution in [3.8, 4) is 11.4 Å². The molecule has 32 heavy (non-hydrogen) atoms. The van der Waals surface area contributed by atoms with E-state index in [1.807, 2.05) is 62.4 Å². The summed E-state index contributed by atoms with van der Waals surface area (Å²) in [6.45, 7) is 6.75. The van der Waals surface area contributed by atoms with E-state index >= 15 is 0 Å². The third-order valence-electron chi connectivity index (χ3n) is 5.20. The molecule has 0 amide bonds. The van der Waals surface area contributed by atoms with Crippen LogP contribution in [0.2, 0.25) is 5.02 Å². The normalized spacial score (nSPS) is 11.2. The second-order valence-corrected chi connectivity index (χ2v) is 9.92. The molecule has 0 saturated heterocycles. The molecule has 0 unspecified atom stereocenters. The summed E-state index contributed by atoms with van der Waals surface area (Å²) in [5.74, 6) is 1.48. The van der Waals surface area contributed by atoms with Crippen LogP contribution in [0.25, 0.3) is 15.9 Å². The second kappa shape index (κ2) is 10.1. The summed E-state index contributed by atoms with van der Waals surface area (Å²) in [6.07, 6.45) is 2.00. The number of aromatic nitrogens is 2. The molecule has 0 aliphatic carbocycles. The number of nitrogens with zero attached hydrogens (tertiary/aromatic N) is 2. The van der Waals surface area contributed by atoms with Crippen LogP contribution in [0.4, 0.5) is 0 Å². The minimum Gasteiger partial charge on any atom is -0.494 e. The van der Waals surface area contributed by atoms with Crippen molar-refractivity contribution in [2.75, 3.05) is 6.61 Å². The predicted octanol–water partition coefficient (Wildman–Crippen LogP) is 7.05. The first-order valence-corrected chi connectivity index (χ1v) is 12.8. The molecule has 0 N–H and O–H groups in total. The molecule has 7 heteroatoms. The van der Waals surface area contributed by atoms with Gasteiger partial charge in [0.2, 0.25) is 0 Å². The Morgan fingerprint density at radius 2 is 1.81 bits per heavy atom. The number of benzene rings is 2. The van der Waals surface area contributed by atoms with E-state index < -0.39 is 0 Å². The van der Waals surface area contributed by atoms with E-state index in [2.05, 4.69) is 6.92 Å². The van der Waals surface area contributed by atoms with E-state index in [0.717, 1.165) is 45.6 Å². The van der Waals surface area contributed by atoms with Crippen LogP contribution in [-0.2, 0) is 12.2 Å². The van der Waals surface area contributed by atoms with Crippen LogP contribution in [0.3, 0.4) is 0 Å². The monoisotopic (exact) mass is 484 g/mol. The van der Waals surface area contributed by atoms with Crippen molar-refractivity contribution < 1.29 is 4.74 Å². The maximum absolute atomic E-state index is 13.7. The molecule has 0 aliphatic rings. The van der Waals surface area contributed by atoms with Gasteiger partial charge < -0.3 is 4.74 Å². The second-order valence-electron chi connectivity index (χ2n) is 7.46. The Morgan fingerprint density at radius 1 is 1.09 bits per heavy atom. The number of rotatable bonds is 8. The van der Waals surface area contributed by atoms with Gasteiger partial charge in [-0.2, -0.15) is 0 Å². The number of hydrogen-bond acceptors (Lipinski definition) is 5. The van der Waals surface area contributed by atoms with E-state index in [4.69, 9.17) is 21.3 Å². The lowest BCUT2D eigenvalue weighted by Crippen LogP contribution is -2.21. The molecule has 0 saturated carbocycles. The summed E-state index contributed by atoms with van der Waals surface area (Å²) < 4.78 is 7.30. The van der Waals surface area contributed by atoms with Crippen molar-refractivity contribution in [1.82, 2.24) is 9.55 Å². The molecule has 2 heterocycles. The van der Waals surface area contributed by atoms with Crippen LogP contribution in [0.5, 0.6) is 5.75 Å². The van der Waals surface area contributed by atoms with Gasteiger partial charge in [-0.1, -0.05) is 48.8 Å². The zero-order chi connectivity index (χ0) is 22.7. The summed E-state index contributed by atoms with van der Waals surface area (Å²) in [5.41, 5.74) is 2.95. The number of aryl methyl sites for hydroxylation is 2. The SMILES string of the molecule is CCCc1sc2nc(SCc3ccc(Cl)cc3)n(-c3ccc(OCC)cc3)c(=O)c2c1C. The number of ether oxygens (including phenoxy) is 1. The van der Waals surface area contributed by atoms with Gasteiger partial charge in [0.15, 0.2) is 5.16 Å². The molecule has 0 bridgehead atoms. The summed E-state index contributed by atoms with van der Waals surface area (Å²) >= 11 is 9.22. The van der Waals surface area contributed by atoms with Crippen molar-refractivity contribution in [3.63, 3.8) is 0 Å². The molecular weight excluding hydrogens is 460 g/mol. The average Bonchev–Trinajstić information content (AvgIpc) is 3.10. The maximum Gasteiger partial charge on any atom is 0.267 e. The van der Waals surface area contributed by atoms with Gasteiger partial charge in [0.1, 0.15) is 10.6 Å². The third kappa shape index (κ3) is 4.72. The number of hydrogen-bond donors (Lipinski definition) is 0. The molecule has 0 atom stereocenters. The molecule has 0 radical (unpaired) electrons. The minimum atomic E-state index is -0.0196. The molecule has 0 aliphatic heterocycles. The fraction of sp³-hybridized carbons (Fsp3) is 0.280. The molecule has 2 aromatic heterocycles. The van der Waals surface area contributed by atoms with Gasteiger partial charge in [0.05, 0.1) is 17.7 Å². The molecule has 166 valence electrons. The fourth-order valence-electron chi connectivity index (χ4n) is 3.59. The van der Waals surface area contributed by atoms with Crippen molar-refractivity contribution in [3.05, 3.63) is 79.9 Å². The van der Waals surface area contributed by atoms with Gasteiger partial charge in [-0.05, 0) is 67.8 Å². The first-order valence-electron chi connectivity index (χ1n) is 10.7. The quantitative estimate of drug-likeness (QED) is 0.198. The van der Waals surface area contributed by atoms with Gasteiger partial charge in [0, 0.05) is 15.7 Å². The lowest BCUT2D eigenvalue weighted by Gasteiger charge is -2.13. The highest BCUT2D eigenvalue weighted by Gasteiger charge is 2.19. The Hall–Kier alpha value is -2.28. The van der Waals surface area contributed by atoms with Gasteiger partial charge in [-0.3, -0.25) is 9.36 Å². The van der Waals surface area contributed by atoms with E-state index in [1.54, 1.807) is 27.7 Å². The molecule has 2 aromatic carbocycles. The van der Waals surface area contributed by atoms with E-state index in [-0.39, 0.29) is 5.56 Å². The van der Waals surface area contributed by atoms with Crippen LogP contribution < -0.4 is 10.3 Å². The van der Waals surface area contributed by atoms with Gasteiger partial charge in [-0.25, -0.2) is 4.98 Å². The first kappa shape index (κ1) is 22.9. The average molecular weight is 485 g/mol. The van der Waals surface area contributed by atoms with Gasteiger partial charge in [-0.15, -0.1) is 11.3 Å². The highest BCUT2D eigenvalue weighted by Crippen LogP contribution is 2.32. The number of fused-ring (bicyclic) bond motifs is 1. The highest BCUT2D eigenvalue weighted by atomic mass is 35.5. The lowest BCUT2D eigenvalue weighted by molar-refractivity contribution is 0.340. The molecular formula is C25H25ClN2O2S2. The Balaban J connectivity index is 1.82. The highest BCUT2D eigenvalue weighted by molar-refractivity contribution is 7.98. The number of thioether (sulfide) groups is 1. The van der Waals surface area contributed by atoms with Crippen LogP contribution in [0.1, 0.15) is 36.3 Å². The first-order chi connectivity index (χ1) is 15.5. The summed E-state index contributed by atoms with van der Waals surface area (Å²) in [5, 5.41) is 2.12. The zero-order valence-corrected chi connectivity index (χ0v) is 20.7. The van der Waals surface area contributed by atoms with Crippen LogP contribution >= 0.6 is 34.7 Å². The smallest absolute Gasteiger partial charge is 0.267 e. The van der Waals surface area contributed by atoms with Gasteiger partial charge in [0.25, 0.3) is 5.56 Å². The standard InChI is InChI=1S/C25H25ClN2O2S2/c1-4-6-21-16(3)22-23(32-21)27-25(31-15-17-7-9-18(26)10-8-17)28(24(22)29)19-11-13-20(14-12-19)30-5-2/h7-14H,4-6,15H2,1-3H3. The Labute approximate surface area is 201 Å². The Kier molecular flexibility index (Phi) is 7.23. The van der Waals surface area contributed by atoms with Crippen molar-refractivity contribution in [2.24, 2.45) is 0 Å². The predicted molar refractivity (Wildman–Crippen MR) is 136 cm³/mol. The third-order valence-corrected chi connectivity index (χ3v) is 7.70. The molecule has 4 nitrogen and oxygen atoms in total. The molecule has 0 spiro atoms. The topological polar surface area (TPSA) is 44.1 Å². The van der Waals surface area contributed by atoms with Gasteiger partial charge >= 0.3 is 0 Å². The lowest BCUT2D eigenvalue weighted by atomic mass is 10.1. The fourth-order valence-corrected chi connectivity index (χ4v) is 6.00. The number of thiophene rings is 1. The van der Waals surface area contributed by atoms with Crippen LogP contribution in [-0.4, -0.2) is 16.2 Å². The molecule has 0 fully saturated rings. The molecule has 4 aromatic rings. The van der Waals surface area contributed by atoms with Crippen LogP contribution in [0, 0.1) is 6.92 Å². The Morgan fingerprint density at radius 3 is 2.47 bits per heavy atom. The maximum atomic E-state index is 13.7. The van der Waals surface area contributed by atoms with Crippen LogP contribution in [0.15, 0.2) is 58.5 Å². The Bertz CT molecular complexity index is 1280. The number of halogens is 1. The zero-order valence-electron chi connectivity index (χ0n) is 18.4. The summed E-state index contributed by atoms with van der Waals surface area (Å²) in [6, 6.07) is 15.4. The minimum absolute atomic E-state index is 0.0196.